The Kier molecular flexibility index (Phi) is 5.00. The van der Waals surface area contributed by atoms with E-state index in [1.165, 1.54) is 0 Å². The van der Waals surface area contributed by atoms with E-state index in [2.05, 4.69) is 15.0 Å². The summed E-state index contributed by atoms with van der Waals surface area (Å²) in [5.41, 5.74) is 4.02. The van der Waals surface area contributed by atoms with E-state index >= 15 is 0 Å². The van der Waals surface area contributed by atoms with Crippen LogP contribution in [-0.2, 0) is 17.8 Å². The van der Waals surface area contributed by atoms with E-state index in [-0.39, 0.29) is 17.9 Å². The van der Waals surface area contributed by atoms with Crippen molar-refractivity contribution in [2.45, 2.75) is 39.7 Å². The van der Waals surface area contributed by atoms with Crippen LogP contribution >= 0.6 is 11.3 Å². The number of H-pyrrole nitrogens is 1. The van der Waals surface area contributed by atoms with Crippen LogP contribution < -0.4 is 11.0 Å². The molecule has 10 heteroatoms. The van der Waals surface area contributed by atoms with E-state index < -0.39 is 0 Å². The van der Waals surface area contributed by atoms with Crippen LogP contribution in [0.4, 0.5) is 0 Å². The summed E-state index contributed by atoms with van der Waals surface area (Å²) in [4.78, 5) is 35.6. The molecule has 9 nitrogen and oxygen atoms in total. The topological polar surface area (TPSA) is 124 Å². The zero-order valence-electron chi connectivity index (χ0n) is 15.7. The molecule has 0 atom stereocenters. The van der Waals surface area contributed by atoms with Crippen molar-refractivity contribution in [1.82, 2.24) is 25.5 Å². The summed E-state index contributed by atoms with van der Waals surface area (Å²) in [7, 11) is 0. The summed E-state index contributed by atoms with van der Waals surface area (Å²) >= 11 is 1.54. The summed E-state index contributed by atoms with van der Waals surface area (Å²) in [5, 5.41) is 13.2. The first-order valence-electron chi connectivity index (χ1n) is 9.11. The molecule has 0 saturated carbocycles. The molecule has 1 amide bonds. The van der Waals surface area contributed by atoms with Gasteiger partial charge in [0.25, 0.3) is 5.56 Å². The summed E-state index contributed by atoms with van der Waals surface area (Å²) < 4.78 is 5.20. The summed E-state index contributed by atoms with van der Waals surface area (Å²) in [6.45, 7) is 5.94. The molecule has 3 N–H and O–H groups in total. The van der Waals surface area contributed by atoms with Gasteiger partial charge in [-0.15, -0.1) is 11.3 Å². The molecule has 1 aliphatic rings. The van der Waals surface area contributed by atoms with Crippen molar-refractivity contribution in [3.8, 4) is 11.4 Å². The average molecular weight is 403 g/mol. The largest absolute Gasteiger partial charge is 0.361 e. The Morgan fingerprint density at radius 1 is 1.43 bits per heavy atom. The number of nitrogens with zero attached hydrogens (tertiary/aromatic N) is 3. The minimum atomic E-state index is -0.373. The number of hydrogen-bond donors (Lipinski definition) is 3. The van der Waals surface area contributed by atoms with Gasteiger partial charge in [-0.3, -0.25) is 19.7 Å². The lowest BCUT2D eigenvalue weighted by atomic mass is 10.0. The van der Waals surface area contributed by atoms with Gasteiger partial charge in [-0.2, -0.15) is 0 Å². The van der Waals surface area contributed by atoms with Gasteiger partial charge < -0.3 is 9.51 Å². The Morgan fingerprint density at radius 2 is 2.25 bits per heavy atom. The minimum Gasteiger partial charge on any atom is -0.361 e. The first-order valence-corrected chi connectivity index (χ1v) is 9.92. The Hall–Kier alpha value is -2.56. The molecule has 0 saturated heterocycles. The summed E-state index contributed by atoms with van der Waals surface area (Å²) in [6, 6.07) is 0. The highest BCUT2D eigenvalue weighted by atomic mass is 32.1. The van der Waals surface area contributed by atoms with E-state index in [1.54, 1.807) is 23.7 Å². The molecule has 0 radical (unpaired) electrons. The predicted molar refractivity (Wildman–Crippen MR) is 103 cm³/mol. The van der Waals surface area contributed by atoms with Crippen molar-refractivity contribution >= 4 is 27.5 Å². The lowest BCUT2D eigenvalue weighted by Gasteiger charge is -2.26. The monoisotopic (exact) mass is 403 g/mol. The molecule has 3 aromatic heterocycles. The number of carbonyl (C=O) groups is 1. The summed E-state index contributed by atoms with van der Waals surface area (Å²) in [6.07, 6.45) is 1.73. The average Bonchev–Trinajstić information content (AvgIpc) is 3.20. The smallest absolute Gasteiger partial charge is 0.260 e. The fraction of sp³-hybridized carbons (Fsp3) is 0.444. The molecule has 0 fully saturated rings. The quantitative estimate of drug-likeness (QED) is 0.439. The van der Waals surface area contributed by atoms with Crippen LogP contribution in [0.3, 0.4) is 0 Å². The zero-order chi connectivity index (χ0) is 19.8. The van der Waals surface area contributed by atoms with Crippen molar-refractivity contribution in [1.29, 1.82) is 0 Å². The van der Waals surface area contributed by atoms with Crippen LogP contribution in [-0.4, -0.2) is 44.2 Å². The van der Waals surface area contributed by atoms with Gasteiger partial charge in [0.15, 0.2) is 0 Å². The van der Waals surface area contributed by atoms with Crippen LogP contribution in [0.5, 0.6) is 0 Å². The van der Waals surface area contributed by atoms with Crippen LogP contribution in [0.2, 0.25) is 0 Å². The summed E-state index contributed by atoms with van der Waals surface area (Å²) in [5.74, 6) is 0.737. The molecule has 4 rings (SSSR count). The number of aromatic amines is 1. The number of thiophene rings is 1. The third-order valence-corrected chi connectivity index (χ3v) is 6.17. The molecule has 0 spiro atoms. The third-order valence-electron chi connectivity index (χ3n) is 5.06. The number of hydroxylamine groups is 1. The molecule has 28 heavy (non-hydrogen) atoms. The SMILES string of the molecule is Cc1noc(C)c1-c1nc2sc3c(c2c(=O)[nH]1)CCN(CCCC(=O)NO)C3. The van der Waals surface area contributed by atoms with E-state index in [1.807, 2.05) is 6.92 Å². The lowest BCUT2D eigenvalue weighted by Crippen LogP contribution is -2.31. The van der Waals surface area contributed by atoms with Crippen molar-refractivity contribution < 1.29 is 14.5 Å². The molecular formula is C18H21N5O4S. The normalized spacial score (nSPS) is 14.4. The van der Waals surface area contributed by atoms with Crippen LogP contribution in [0.25, 0.3) is 21.6 Å². The van der Waals surface area contributed by atoms with Gasteiger partial charge in [0, 0.05) is 24.4 Å². The van der Waals surface area contributed by atoms with E-state index in [4.69, 9.17) is 14.7 Å². The highest BCUT2D eigenvalue weighted by Crippen LogP contribution is 2.34. The second-order valence-corrected chi connectivity index (χ2v) is 8.05. The maximum absolute atomic E-state index is 12.8. The number of amides is 1. The van der Waals surface area contributed by atoms with Crippen molar-refractivity contribution in [3.63, 3.8) is 0 Å². The number of aromatic nitrogens is 3. The Bertz CT molecular complexity index is 1080. The van der Waals surface area contributed by atoms with E-state index in [9.17, 15) is 9.59 Å². The molecule has 148 valence electrons. The molecule has 3 aromatic rings. The maximum Gasteiger partial charge on any atom is 0.260 e. The van der Waals surface area contributed by atoms with E-state index in [0.717, 1.165) is 46.9 Å². The number of nitrogens with one attached hydrogen (secondary N) is 2. The van der Waals surface area contributed by atoms with Crippen LogP contribution in [0.15, 0.2) is 9.32 Å². The standard InChI is InChI=1S/C18H21N5O4S/c1-9-14(10(2)27-22-9)16-19-17(25)15-11-5-7-23(6-3-4-13(24)21-26)8-12(11)28-18(15)20-16/h26H,3-8H2,1-2H3,(H,21,24)(H,19,20,25). The number of rotatable bonds is 5. The minimum absolute atomic E-state index is 0.134. The molecule has 0 bridgehead atoms. The molecule has 0 aromatic carbocycles. The Balaban J connectivity index is 1.61. The fourth-order valence-electron chi connectivity index (χ4n) is 3.70. The molecular weight excluding hydrogens is 382 g/mol. The van der Waals surface area contributed by atoms with Gasteiger partial charge in [0.2, 0.25) is 5.91 Å². The third kappa shape index (κ3) is 3.34. The van der Waals surface area contributed by atoms with Crippen LogP contribution in [0, 0.1) is 13.8 Å². The Morgan fingerprint density at radius 3 is 2.96 bits per heavy atom. The van der Waals surface area contributed by atoms with Gasteiger partial charge in [0.05, 0.1) is 16.6 Å². The lowest BCUT2D eigenvalue weighted by molar-refractivity contribution is -0.129. The van der Waals surface area contributed by atoms with Gasteiger partial charge in [-0.05, 0) is 38.8 Å². The van der Waals surface area contributed by atoms with Gasteiger partial charge in [-0.25, -0.2) is 10.5 Å². The van der Waals surface area contributed by atoms with E-state index in [0.29, 0.717) is 29.1 Å². The van der Waals surface area contributed by atoms with Gasteiger partial charge >= 0.3 is 0 Å². The second-order valence-electron chi connectivity index (χ2n) is 6.96. The number of hydrogen-bond acceptors (Lipinski definition) is 8. The maximum atomic E-state index is 12.8. The number of carbonyl (C=O) groups excluding carboxylic acids is 1. The number of fused-ring (bicyclic) bond motifs is 3. The number of aryl methyl sites for hydroxylation is 2. The Labute approximate surface area is 164 Å². The first kappa shape index (κ1) is 18.8. The van der Waals surface area contributed by atoms with Crippen molar-refractivity contribution in [2.24, 2.45) is 0 Å². The van der Waals surface area contributed by atoms with Crippen LogP contribution in [0.1, 0.15) is 34.7 Å². The zero-order valence-corrected chi connectivity index (χ0v) is 16.5. The molecule has 4 heterocycles. The van der Waals surface area contributed by atoms with Gasteiger partial charge in [-0.1, -0.05) is 5.16 Å². The highest BCUT2D eigenvalue weighted by molar-refractivity contribution is 7.18. The van der Waals surface area contributed by atoms with Gasteiger partial charge in [0.1, 0.15) is 16.4 Å². The highest BCUT2D eigenvalue weighted by Gasteiger charge is 2.24. The fourth-order valence-corrected chi connectivity index (χ4v) is 4.97. The second kappa shape index (κ2) is 7.46. The first-order chi connectivity index (χ1) is 13.5. The molecule has 1 aliphatic heterocycles. The van der Waals surface area contributed by atoms with Crippen molar-refractivity contribution in [3.05, 3.63) is 32.2 Å². The molecule has 0 aliphatic carbocycles. The predicted octanol–water partition coefficient (Wildman–Crippen LogP) is 1.90. The van der Waals surface area contributed by atoms with Crippen molar-refractivity contribution in [2.75, 3.05) is 13.1 Å². The molecule has 0 unspecified atom stereocenters.